The maximum atomic E-state index is 11.0. The van der Waals surface area contributed by atoms with Gasteiger partial charge >= 0.3 is 5.97 Å². The van der Waals surface area contributed by atoms with Crippen molar-refractivity contribution in [3.05, 3.63) is 24.3 Å². The standard InChI is InChI=1S/C10H12O4/c1-7-9(12)4-2-3-8(11)5-6-10(13)14-7/h2-3,5-7,9,12H,4H2,1H3/b3-2+,6-5-/t7-,9-/m1/s1. The second kappa shape index (κ2) is 4.72. The average molecular weight is 196 g/mol. The molecule has 1 N–H and O–H groups in total. The van der Waals surface area contributed by atoms with Crippen molar-refractivity contribution in [2.75, 3.05) is 0 Å². The summed E-state index contributed by atoms with van der Waals surface area (Å²) in [7, 11) is 0. The van der Waals surface area contributed by atoms with Crippen molar-refractivity contribution in [2.24, 2.45) is 0 Å². The Morgan fingerprint density at radius 1 is 1.36 bits per heavy atom. The molecule has 0 amide bonds. The minimum atomic E-state index is -0.769. The van der Waals surface area contributed by atoms with Crippen molar-refractivity contribution < 1.29 is 19.4 Å². The molecule has 0 unspecified atom stereocenters. The van der Waals surface area contributed by atoms with Crippen molar-refractivity contribution in [1.29, 1.82) is 0 Å². The Hall–Kier alpha value is -1.42. The first-order chi connectivity index (χ1) is 6.59. The van der Waals surface area contributed by atoms with E-state index in [4.69, 9.17) is 4.74 Å². The number of hydrogen-bond donors (Lipinski definition) is 1. The molecule has 0 aromatic rings. The van der Waals surface area contributed by atoms with Crippen LogP contribution in [-0.4, -0.2) is 29.1 Å². The number of cyclic esters (lactones) is 1. The molecule has 1 aliphatic heterocycles. The van der Waals surface area contributed by atoms with Gasteiger partial charge < -0.3 is 9.84 Å². The molecule has 76 valence electrons. The second-order valence-corrected chi connectivity index (χ2v) is 3.08. The molecule has 1 rings (SSSR count). The lowest BCUT2D eigenvalue weighted by Crippen LogP contribution is -2.27. The van der Waals surface area contributed by atoms with Crippen molar-refractivity contribution >= 4 is 11.8 Å². The average Bonchev–Trinajstić information content (AvgIpc) is 2.13. The molecule has 14 heavy (non-hydrogen) atoms. The Morgan fingerprint density at radius 3 is 2.79 bits per heavy atom. The van der Waals surface area contributed by atoms with Crippen LogP contribution in [0.15, 0.2) is 24.3 Å². The van der Waals surface area contributed by atoms with E-state index in [-0.39, 0.29) is 5.78 Å². The van der Waals surface area contributed by atoms with Gasteiger partial charge in [-0.2, -0.15) is 0 Å². The number of aliphatic hydroxyl groups is 1. The summed E-state index contributed by atoms with van der Waals surface area (Å²) in [4.78, 5) is 22.0. The molecule has 0 saturated carbocycles. The largest absolute Gasteiger partial charge is 0.457 e. The van der Waals surface area contributed by atoms with Crippen LogP contribution in [0.1, 0.15) is 13.3 Å². The van der Waals surface area contributed by atoms with Crippen LogP contribution in [0.3, 0.4) is 0 Å². The van der Waals surface area contributed by atoms with E-state index in [2.05, 4.69) is 0 Å². The Labute approximate surface area is 81.9 Å². The van der Waals surface area contributed by atoms with Crippen molar-refractivity contribution in [1.82, 2.24) is 0 Å². The minimum absolute atomic E-state index is 0.288. The van der Waals surface area contributed by atoms with E-state index in [1.165, 1.54) is 6.08 Å². The number of ketones is 1. The van der Waals surface area contributed by atoms with Gasteiger partial charge in [-0.15, -0.1) is 0 Å². The summed E-state index contributed by atoms with van der Waals surface area (Å²) in [5.74, 6) is -0.899. The fourth-order valence-electron chi connectivity index (χ4n) is 1.02. The highest BCUT2D eigenvalue weighted by molar-refractivity contribution is 6.02. The highest BCUT2D eigenvalue weighted by Crippen LogP contribution is 2.06. The Balaban J connectivity index is 2.77. The number of ether oxygens (including phenoxy) is 1. The van der Waals surface area contributed by atoms with Gasteiger partial charge in [-0.25, -0.2) is 4.79 Å². The van der Waals surface area contributed by atoms with E-state index < -0.39 is 18.2 Å². The van der Waals surface area contributed by atoms with Gasteiger partial charge in [-0.1, -0.05) is 6.08 Å². The third-order valence-electron chi connectivity index (χ3n) is 1.89. The van der Waals surface area contributed by atoms with E-state index >= 15 is 0 Å². The van der Waals surface area contributed by atoms with Crippen molar-refractivity contribution in [2.45, 2.75) is 25.6 Å². The number of esters is 1. The summed E-state index contributed by atoms with van der Waals surface area (Å²) in [6.07, 6.45) is 4.05. The molecule has 1 aliphatic rings. The molecule has 2 atom stereocenters. The third-order valence-corrected chi connectivity index (χ3v) is 1.89. The number of hydrogen-bond acceptors (Lipinski definition) is 4. The van der Waals surface area contributed by atoms with Gasteiger partial charge in [0.2, 0.25) is 0 Å². The van der Waals surface area contributed by atoms with Gasteiger partial charge in [-0.05, 0) is 25.5 Å². The van der Waals surface area contributed by atoms with Gasteiger partial charge in [0, 0.05) is 6.08 Å². The molecule has 0 saturated heterocycles. The van der Waals surface area contributed by atoms with E-state index in [9.17, 15) is 14.7 Å². The molecule has 0 bridgehead atoms. The highest BCUT2D eigenvalue weighted by Gasteiger charge is 2.16. The summed E-state index contributed by atoms with van der Waals surface area (Å²) < 4.78 is 4.83. The van der Waals surface area contributed by atoms with Gasteiger partial charge in [0.25, 0.3) is 0 Å². The molecule has 0 aliphatic carbocycles. The summed E-state index contributed by atoms with van der Waals surface area (Å²) >= 11 is 0. The molecule has 4 heteroatoms. The zero-order valence-electron chi connectivity index (χ0n) is 7.84. The Morgan fingerprint density at radius 2 is 2.07 bits per heavy atom. The lowest BCUT2D eigenvalue weighted by atomic mass is 10.1. The molecule has 4 nitrogen and oxygen atoms in total. The van der Waals surface area contributed by atoms with E-state index in [1.54, 1.807) is 13.0 Å². The monoisotopic (exact) mass is 196 g/mol. The van der Waals surface area contributed by atoms with E-state index in [0.29, 0.717) is 6.42 Å². The summed E-state index contributed by atoms with van der Waals surface area (Å²) in [5.41, 5.74) is 0. The zero-order valence-corrected chi connectivity index (χ0v) is 7.84. The lowest BCUT2D eigenvalue weighted by Gasteiger charge is -2.17. The zero-order chi connectivity index (χ0) is 10.6. The van der Waals surface area contributed by atoms with Crippen LogP contribution in [0, 0.1) is 0 Å². The van der Waals surface area contributed by atoms with Gasteiger partial charge in [0.05, 0.1) is 6.10 Å². The van der Waals surface area contributed by atoms with Crippen LogP contribution in [0.4, 0.5) is 0 Å². The van der Waals surface area contributed by atoms with Crippen LogP contribution in [0.5, 0.6) is 0 Å². The van der Waals surface area contributed by atoms with Gasteiger partial charge in [0.15, 0.2) is 5.78 Å². The van der Waals surface area contributed by atoms with Crippen LogP contribution >= 0.6 is 0 Å². The molecular weight excluding hydrogens is 184 g/mol. The van der Waals surface area contributed by atoms with Crippen LogP contribution < -0.4 is 0 Å². The maximum absolute atomic E-state index is 11.0. The first-order valence-electron chi connectivity index (χ1n) is 4.37. The normalized spacial score (nSPS) is 33.3. The Bertz CT molecular complexity index is 290. The number of carbonyl (C=O) groups is 2. The SMILES string of the molecule is C[C@H]1OC(=O)/C=C\C(=O)/C=C/C[C@H]1O. The second-order valence-electron chi connectivity index (χ2n) is 3.08. The summed E-state index contributed by atoms with van der Waals surface area (Å²) in [6, 6.07) is 0. The lowest BCUT2D eigenvalue weighted by molar-refractivity contribution is -0.147. The molecule has 0 radical (unpaired) electrons. The van der Waals surface area contributed by atoms with Crippen LogP contribution in [0.25, 0.3) is 0 Å². The third kappa shape index (κ3) is 3.14. The molecule has 0 spiro atoms. The first kappa shape index (κ1) is 10.7. The van der Waals surface area contributed by atoms with E-state index in [0.717, 1.165) is 12.2 Å². The summed E-state index contributed by atoms with van der Waals surface area (Å²) in [5, 5.41) is 9.44. The van der Waals surface area contributed by atoms with Crippen LogP contribution in [0.2, 0.25) is 0 Å². The molecule has 0 aromatic heterocycles. The number of allylic oxidation sites excluding steroid dienone is 2. The number of rotatable bonds is 0. The maximum Gasteiger partial charge on any atom is 0.331 e. The fraction of sp³-hybridized carbons (Fsp3) is 0.400. The fourth-order valence-corrected chi connectivity index (χ4v) is 1.02. The molecule has 0 aromatic carbocycles. The van der Waals surface area contributed by atoms with Crippen molar-refractivity contribution in [3.8, 4) is 0 Å². The topological polar surface area (TPSA) is 63.6 Å². The summed E-state index contributed by atoms with van der Waals surface area (Å²) in [6.45, 7) is 1.60. The highest BCUT2D eigenvalue weighted by atomic mass is 16.6. The number of aliphatic hydroxyl groups excluding tert-OH is 1. The van der Waals surface area contributed by atoms with E-state index in [1.807, 2.05) is 0 Å². The Kier molecular flexibility index (Phi) is 3.59. The number of carbonyl (C=O) groups excluding carboxylic acids is 2. The molecular formula is C10H12O4. The first-order valence-corrected chi connectivity index (χ1v) is 4.37. The molecule has 1 heterocycles. The minimum Gasteiger partial charge on any atom is -0.457 e. The molecule has 0 fully saturated rings. The van der Waals surface area contributed by atoms with Crippen molar-refractivity contribution in [3.63, 3.8) is 0 Å². The van der Waals surface area contributed by atoms with Gasteiger partial charge in [-0.3, -0.25) is 4.79 Å². The predicted molar refractivity (Wildman–Crippen MR) is 49.5 cm³/mol. The smallest absolute Gasteiger partial charge is 0.331 e. The quantitative estimate of drug-likeness (QED) is 0.568. The predicted octanol–water partition coefficient (Wildman–Crippen LogP) is 0.364. The van der Waals surface area contributed by atoms with Gasteiger partial charge in [0.1, 0.15) is 6.10 Å². The van der Waals surface area contributed by atoms with Crippen LogP contribution in [-0.2, 0) is 14.3 Å².